The van der Waals surface area contributed by atoms with Crippen LogP contribution >= 0.6 is 11.3 Å². The van der Waals surface area contributed by atoms with E-state index in [1.165, 1.54) is 18.3 Å². The highest BCUT2D eigenvalue weighted by molar-refractivity contribution is 7.17. The zero-order valence-corrected chi connectivity index (χ0v) is 5.73. The van der Waals surface area contributed by atoms with Gasteiger partial charge in [-0.3, -0.25) is 9.78 Å². The van der Waals surface area contributed by atoms with Gasteiger partial charge in [-0.15, -0.1) is 11.3 Å². The lowest BCUT2D eigenvalue weighted by Gasteiger charge is -1.80. The minimum absolute atomic E-state index is 0.0389. The van der Waals surface area contributed by atoms with E-state index in [1.807, 2.05) is 0 Å². The summed E-state index contributed by atoms with van der Waals surface area (Å²) in [5, 5.41) is 1.65. The van der Waals surface area contributed by atoms with E-state index >= 15 is 0 Å². The van der Waals surface area contributed by atoms with E-state index in [0.717, 1.165) is 0 Å². The molecule has 2 nitrogen and oxygen atoms in total. The van der Waals surface area contributed by atoms with Crippen molar-refractivity contribution in [2.24, 2.45) is 0 Å². The average Bonchev–Trinajstić information content (AvgIpc) is 2.14. The molecule has 0 saturated heterocycles. The summed E-state index contributed by atoms with van der Waals surface area (Å²) in [6.07, 6.45) is 0. The normalized spacial score (nSPS) is 9.44. The van der Waals surface area contributed by atoms with Gasteiger partial charge >= 0.3 is 0 Å². The van der Waals surface area contributed by atoms with Gasteiger partial charge in [0, 0.05) is 17.2 Å². The summed E-state index contributed by atoms with van der Waals surface area (Å²) in [4.78, 5) is 14.7. The highest BCUT2D eigenvalue weighted by Gasteiger charge is 2.00. The smallest absolute Gasteiger partial charge is 0.178 e. The predicted molar refractivity (Wildman–Crippen MR) is 37.5 cm³/mol. The zero-order chi connectivity index (χ0) is 6.85. The van der Waals surface area contributed by atoms with Gasteiger partial charge in [-0.25, -0.2) is 0 Å². The lowest BCUT2D eigenvalue weighted by atomic mass is 10.2. The molecular weight excluding hydrogens is 133 g/mol. The first-order valence-electron chi connectivity index (χ1n) is 2.42. The maximum absolute atomic E-state index is 10.5. The van der Waals surface area contributed by atoms with E-state index in [0.29, 0.717) is 10.6 Å². The number of Topliss-reactive ketones (excluding diaryl/α,β-unsaturated/α-hetero) is 1. The molecule has 44 valence electrons. The van der Waals surface area contributed by atoms with Crippen LogP contribution in [0.5, 0.6) is 0 Å². The maximum atomic E-state index is 10.5. The third-order valence-corrected chi connectivity index (χ3v) is 1.56. The van der Waals surface area contributed by atoms with Crippen LogP contribution in [-0.2, 0) is 0 Å². The number of carbonyl (C=O) groups excluding carboxylic acids is 1. The van der Waals surface area contributed by atoms with E-state index in [4.69, 9.17) is 7.85 Å². The number of ketones is 1. The van der Waals surface area contributed by atoms with Crippen molar-refractivity contribution in [3.63, 3.8) is 0 Å². The molecule has 1 heterocycles. The van der Waals surface area contributed by atoms with Crippen LogP contribution in [0.4, 0.5) is 0 Å². The van der Waals surface area contributed by atoms with Crippen molar-refractivity contribution in [1.29, 1.82) is 0 Å². The van der Waals surface area contributed by atoms with E-state index < -0.39 is 0 Å². The Morgan fingerprint density at radius 2 is 2.56 bits per heavy atom. The lowest BCUT2D eigenvalue weighted by molar-refractivity contribution is 0.101. The molecule has 0 spiro atoms. The second-order valence-electron chi connectivity index (χ2n) is 1.63. The van der Waals surface area contributed by atoms with E-state index in [9.17, 15) is 4.79 Å². The number of hydrogen-bond acceptors (Lipinski definition) is 3. The van der Waals surface area contributed by atoms with Gasteiger partial charge in [0.2, 0.25) is 0 Å². The summed E-state index contributed by atoms with van der Waals surface area (Å²) in [5.74, 6) is -0.0389. The molecule has 0 unspecified atom stereocenters. The summed E-state index contributed by atoms with van der Waals surface area (Å²) in [6.45, 7) is 1.47. The fourth-order valence-electron chi connectivity index (χ4n) is 0.449. The molecule has 2 radical (unpaired) electrons. The van der Waals surface area contributed by atoms with Crippen LogP contribution in [0.3, 0.4) is 0 Å². The van der Waals surface area contributed by atoms with Gasteiger partial charge in [0.1, 0.15) is 5.69 Å². The molecule has 0 atom stereocenters. The van der Waals surface area contributed by atoms with Crippen molar-refractivity contribution in [2.75, 3.05) is 0 Å². The third-order valence-electron chi connectivity index (χ3n) is 0.883. The SMILES string of the molecule is [B]c1nc(C(C)=O)cs1. The fourth-order valence-corrected chi connectivity index (χ4v) is 1.05. The van der Waals surface area contributed by atoms with Crippen molar-refractivity contribution < 1.29 is 4.79 Å². The number of thiazole rings is 1. The van der Waals surface area contributed by atoms with Crippen molar-refractivity contribution in [2.45, 2.75) is 6.92 Å². The molecule has 0 aliphatic rings. The molecule has 9 heavy (non-hydrogen) atoms. The quantitative estimate of drug-likeness (QED) is 0.407. The highest BCUT2D eigenvalue weighted by Crippen LogP contribution is 1.97. The minimum atomic E-state index is -0.0389. The molecule has 0 amide bonds. The Kier molecular flexibility index (Phi) is 1.66. The van der Waals surface area contributed by atoms with Gasteiger partial charge in [0.25, 0.3) is 0 Å². The Labute approximate surface area is 58.3 Å². The van der Waals surface area contributed by atoms with Crippen LogP contribution in [0.15, 0.2) is 5.38 Å². The summed E-state index contributed by atoms with van der Waals surface area (Å²) in [5.41, 5.74) is 0.456. The topological polar surface area (TPSA) is 30.0 Å². The molecule has 4 heteroatoms. The second-order valence-corrected chi connectivity index (χ2v) is 2.52. The summed E-state index contributed by atoms with van der Waals surface area (Å²) in [6, 6.07) is 0. The average molecular weight is 137 g/mol. The summed E-state index contributed by atoms with van der Waals surface area (Å²) >= 11 is 1.28. The van der Waals surface area contributed by atoms with Crippen LogP contribution in [0, 0.1) is 0 Å². The van der Waals surface area contributed by atoms with Crippen LogP contribution in [-0.4, -0.2) is 18.6 Å². The van der Waals surface area contributed by atoms with Crippen molar-refractivity contribution in [3.05, 3.63) is 11.1 Å². The molecule has 0 aliphatic heterocycles. The van der Waals surface area contributed by atoms with Crippen LogP contribution in [0.1, 0.15) is 17.4 Å². The van der Waals surface area contributed by atoms with Gasteiger partial charge in [-0.1, -0.05) is 0 Å². The second kappa shape index (κ2) is 2.31. The lowest BCUT2D eigenvalue weighted by Crippen LogP contribution is -2.02. The molecule has 1 aromatic heterocycles. The first-order valence-corrected chi connectivity index (χ1v) is 3.30. The summed E-state index contributed by atoms with van der Waals surface area (Å²) < 4.78 is 0. The molecule has 1 rings (SSSR count). The number of hydrogen-bond donors (Lipinski definition) is 0. The van der Waals surface area contributed by atoms with E-state index in [1.54, 1.807) is 5.38 Å². The number of rotatable bonds is 1. The molecule has 0 aromatic carbocycles. The van der Waals surface area contributed by atoms with Crippen molar-refractivity contribution >= 4 is 29.9 Å². The summed E-state index contributed by atoms with van der Waals surface area (Å²) in [7, 11) is 5.27. The van der Waals surface area contributed by atoms with Crippen LogP contribution in [0.25, 0.3) is 0 Å². The van der Waals surface area contributed by atoms with Crippen LogP contribution in [0.2, 0.25) is 0 Å². The number of carbonyl (C=O) groups is 1. The Morgan fingerprint density at radius 1 is 1.89 bits per heavy atom. The maximum Gasteiger partial charge on any atom is 0.178 e. The zero-order valence-electron chi connectivity index (χ0n) is 4.92. The predicted octanol–water partition coefficient (Wildman–Crippen LogP) is 0.140. The van der Waals surface area contributed by atoms with Gasteiger partial charge in [-0.2, -0.15) is 0 Å². The standard InChI is InChI=1S/C5H4BNOS/c1-3(8)4-2-9-5(6)7-4/h2H,1H3. The van der Waals surface area contributed by atoms with Crippen molar-refractivity contribution in [1.82, 2.24) is 4.98 Å². The molecule has 0 N–H and O–H groups in total. The van der Waals surface area contributed by atoms with Crippen LogP contribution < -0.4 is 4.91 Å². The monoisotopic (exact) mass is 137 g/mol. The largest absolute Gasteiger partial charge is 0.293 e. The molecule has 1 aromatic rings. The molecule has 0 fully saturated rings. The third kappa shape index (κ3) is 1.39. The molecule has 0 bridgehead atoms. The Hall–Kier alpha value is -0.635. The molecule has 0 saturated carbocycles. The van der Waals surface area contributed by atoms with E-state index in [2.05, 4.69) is 4.98 Å². The van der Waals surface area contributed by atoms with E-state index in [-0.39, 0.29) is 5.78 Å². The Morgan fingerprint density at radius 3 is 2.78 bits per heavy atom. The molecular formula is C5H4BNOS. The van der Waals surface area contributed by atoms with Gasteiger partial charge < -0.3 is 0 Å². The Balaban J connectivity index is 2.98. The van der Waals surface area contributed by atoms with Gasteiger partial charge in [0.05, 0.1) is 0 Å². The Bertz CT molecular complexity index is 233. The fraction of sp³-hybridized carbons (Fsp3) is 0.200. The minimum Gasteiger partial charge on any atom is -0.293 e. The highest BCUT2D eigenvalue weighted by atomic mass is 32.1. The van der Waals surface area contributed by atoms with Gasteiger partial charge in [0.15, 0.2) is 13.6 Å². The van der Waals surface area contributed by atoms with Crippen molar-refractivity contribution in [3.8, 4) is 0 Å². The number of nitrogens with zero attached hydrogens (tertiary/aromatic N) is 1. The molecule has 0 aliphatic carbocycles. The first kappa shape index (κ1) is 6.48. The number of aromatic nitrogens is 1. The van der Waals surface area contributed by atoms with Gasteiger partial charge in [-0.05, 0) is 0 Å². The first-order chi connectivity index (χ1) is 4.20.